The molecule has 1 aromatic heterocycles. The maximum absolute atomic E-state index is 12.7. The predicted octanol–water partition coefficient (Wildman–Crippen LogP) is 3.91. The van der Waals surface area contributed by atoms with E-state index in [4.69, 9.17) is 9.15 Å². The van der Waals surface area contributed by atoms with Crippen LogP contribution in [0.1, 0.15) is 40.4 Å². The van der Waals surface area contributed by atoms with E-state index >= 15 is 0 Å². The van der Waals surface area contributed by atoms with E-state index in [1.807, 2.05) is 38.1 Å². The molecule has 3 aromatic rings. The Hall–Kier alpha value is -3.10. The molecule has 1 heterocycles. The van der Waals surface area contributed by atoms with Crippen molar-refractivity contribution in [3.8, 4) is 5.75 Å². The summed E-state index contributed by atoms with van der Waals surface area (Å²) in [5, 5.41) is 2.87. The van der Waals surface area contributed by atoms with Crippen LogP contribution in [0, 0.1) is 6.92 Å². The van der Waals surface area contributed by atoms with Gasteiger partial charge in [-0.25, -0.2) is 8.42 Å². The lowest BCUT2D eigenvalue weighted by molar-refractivity contribution is 0.0909. The zero-order valence-electron chi connectivity index (χ0n) is 18.0. The van der Waals surface area contributed by atoms with Crippen LogP contribution in [0.15, 0.2) is 70.0 Å². The molecule has 1 atom stereocenters. The lowest BCUT2D eigenvalue weighted by Crippen LogP contribution is -2.27. The Bertz CT molecular complexity index is 1140. The second kappa shape index (κ2) is 9.36. The first-order valence-electron chi connectivity index (χ1n) is 9.77. The second-order valence-electron chi connectivity index (χ2n) is 7.31. The minimum Gasteiger partial charge on any atom is -0.497 e. The largest absolute Gasteiger partial charge is 0.497 e. The number of hydrogen-bond acceptors (Lipinski definition) is 5. The average molecular weight is 443 g/mol. The number of benzene rings is 2. The number of carbonyl (C=O) groups is 1. The zero-order valence-corrected chi connectivity index (χ0v) is 18.8. The van der Waals surface area contributed by atoms with Gasteiger partial charge in [0.1, 0.15) is 11.5 Å². The van der Waals surface area contributed by atoms with Crippen LogP contribution in [0.3, 0.4) is 0 Å². The summed E-state index contributed by atoms with van der Waals surface area (Å²) < 4.78 is 37.4. The van der Waals surface area contributed by atoms with Crippen LogP contribution in [-0.4, -0.2) is 32.8 Å². The lowest BCUT2D eigenvalue weighted by Gasteiger charge is -2.16. The molecule has 0 radical (unpaired) electrons. The Morgan fingerprint density at radius 1 is 1.06 bits per heavy atom. The topological polar surface area (TPSA) is 88.9 Å². The third-order valence-electron chi connectivity index (χ3n) is 4.96. The molecule has 2 aromatic carbocycles. The van der Waals surface area contributed by atoms with E-state index < -0.39 is 10.0 Å². The molecule has 0 aliphatic carbocycles. The molecule has 31 heavy (non-hydrogen) atoms. The van der Waals surface area contributed by atoms with Crippen LogP contribution in [0.5, 0.6) is 5.75 Å². The molecule has 8 heteroatoms. The normalized spacial score (nSPS) is 12.5. The van der Waals surface area contributed by atoms with E-state index in [2.05, 4.69) is 5.32 Å². The minimum absolute atomic E-state index is 0.0114. The first-order chi connectivity index (χ1) is 14.7. The molecule has 0 aliphatic heterocycles. The molecule has 0 bridgehead atoms. The minimum atomic E-state index is -3.66. The Kier molecular flexibility index (Phi) is 6.82. The monoisotopic (exact) mass is 442 g/mol. The maximum Gasteiger partial charge on any atom is 0.287 e. The molecule has 0 saturated carbocycles. The molecule has 1 amide bonds. The van der Waals surface area contributed by atoms with E-state index in [-0.39, 0.29) is 29.1 Å². The Morgan fingerprint density at radius 2 is 1.71 bits per heavy atom. The highest BCUT2D eigenvalue weighted by atomic mass is 32.2. The molecule has 164 valence electrons. The lowest BCUT2D eigenvalue weighted by atomic mass is 10.1. The van der Waals surface area contributed by atoms with Crippen LogP contribution in [0.4, 0.5) is 0 Å². The molecule has 0 fully saturated rings. The van der Waals surface area contributed by atoms with Crippen molar-refractivity contribution in [1.29, 1.82) is 0 Å². The van der Waals surface area contributed by atoms with Gasteiger partial charge in [-0.1, -0.05) is 29.8 Å². The van der Waals surface area contributed by atoms with Crippen molar-refractivity contribution in [3.05, 3.63) is 83.3 Å². The first kappa shape index (κ1) is 22.6. The number of nitrogens with one attached hydrogen (secondary N) is 1. The van der Waals surface area contributed by atoms with Crippen molar-refractivity contribution >= 4 is 15.9 Å². The van der Waals surface area contributed by atoms with E-state index in [0.29, 0.717) is 5.76 Å². The van der Waals surface area contributed by atoms with Crippen molar-refractivity contribution < 1.29 is 22.4 Å². The summed E-state index contributed by atoms with van der Waals surface area (Å²) in [5.74, 6) is 0.859. The van der Waals surface area contributed by atoms with Crippen molar-refractivity contribution in [2.45, 2.75) is 31.3 Å². The van der Waals surface area contributed by atoms with Gasteiger partial charge >= 0.3 is 0 Å². The summed E-state index contributed by atoms with van der Waals surface area (Å²) in [7, 11) is -0.592. The van der Waals surface area contributed by atoms with Crippen LogP contribution >= 0.6 is 0 Å². The van der Waals surface area contributed by atoms with Crippen molar-refractivity contribution in [3.63, 3.8) is 0 Å². The fraction of sp³-hybridized carbons (Fsp3) is 0.261. The highest BCUT2D eigenvalue weighted by Gasteiger charge is 2.23. The molecule has 7 nitrogen and oxygen atoms in total. The quantitative estimate of drug-likeness (QED) is 0.571. The molecule has 3 rings (SSSR count). The van der Waals surface area contributed by atoms with Gasteiger partial charge in [0.25, 0.3) is 5.91 Å². The number of ether oxygens (including phenoxy) is 1. The summed E-state index contributed by atoms with van der Waals surface area (Å²) >= 11 is 0. The number of furan rings is 1. The highest BCUT2D eigenvalue weighted by Crippen LogP contribution is 2.20. The van der Waals surface area contributed by atoms with E-state index in [1.165, 1.54) is 17.4 Å². The molecule has 0 spiro atoms. The molecule has 1 N–H and O–H groups in total. The van der Waals surface area contributed by atoms with E-state index in [9.17, 15) is 13.2 Å². The molecule has 0 aliphatic rings. The number of carbonyl (C=O) groups excluding carboxylic acids is 1. The zero-order chi connectivity index (χ0) is 22.6. The molecule has 0 saturated heterocycles. The number of amides is 1. The van der Waals surface area contributed by atoms with Gasteiger partial charge in [-0.05, 0) is 55.8 Å². The fourth-order valence-corrected chi connectivity index (χ4v) is 4.16. The van der Waals surface area contributed by atoms with Crippen molar-refractivity contribution in [1.82, 2.24) is 9.62 Å². The summed E-state index contributed by atoms with van der Waals surface area (Å²) in [6.45, 7) is 3.77. The fourth-order valence-electron chi connectivity index (χ4n) is 3.02. The van der Waals surface area contributed by atoms with Crippen molar-refractivity contribution in [2.75, 3.05) is 14.2 Å². The molecule has 0 unspecified atom stereocenters. The van der Waals surface area contributed by atoms with Crippen molar-refractivity contribution in [2.24, 2.45) is 0 Å². The first-order valence-corrected chi connectivity index (χ1v) is 11.2. The smallest absolute Gasteiger partial charge is 0.287 e. The Morgan fingerprint density at radius 3 is 2.32 bits per heavy atom. The van der Waals surface area contributed by atoms with Gasteiger partial charge in [0.2, 0.25) is 10.0 Å². The van der Waals surface area contributed by atoms with E-state index in [0.717, 1.165) is 16.9 Å². The van der Waals surface area contributed by atoms with E-state index in [1.54, 1.807) is 37.4 Å². The Labute approximate surface area is 182 Å². The van der Waals surface area contributed by atoms with Gasteiger partial charge < -0.3 is 14.5 Å². The number of nitrogens with zero attached hydrogens (tertiary/aromatic N) is 1. The Balaban J connectivity index is 1.64. The van der Waals surface area contributed by atoms with Gasteiger partial charge in [-0.2, -0.15) is 4.31 Å². The van der Waals surface area contributed by atoms with Gasteiger partial charge in [0.05, 0.1) is 24.6 Å². The third-order valence-corrected chi connectivity index (χ3v) is 6.77. The van der Waals surface area contributed by atoms with Gasteiger partial charge in [-0.3, -0.25) is 4.79 Å². The average Bonchev–Trinajstić information content (AvgIpc) is 3.22. The summed E-state index contributed by atoms with van der Waals surface area (Å²) in [6.07, 6.45) is 0. The van der Waals surface area contributed by atoms with Crippen LogP contribution in [0.25, 0.3) is 0 Å². The third kappa shape index (κ3) is 5.34. The highest BCUT2D eigenvalue weighted by molar-refractivity contribution is 7.89. The molecular weight excluding hydrogens is 416 g/mol. The number of methoxy groups -OCH3 is 1. The standard InChI is InChI=1S/C23H26N2O5S/c1-16-5-12-21(13-6-16)31(27,28)25(3)15-20-11-14-22(30-20)23(26)24-17(2)18-7-9-19(29-4)10-8-18/h5-14,17H,15H2,1-4H3,(H,24,26)/t17-/m0/s1. The number of hydrogen-bond donors (Lipinski definition) is 1. The summed E-state index contributed by atoms with van der Waals surface area (Å²) in [4.78, 5) is 12.7. The number of sulfonamides is 1. The van der Waals surface area contributed by atoms with Crippen LogP contribution < -0.4 is 10.1 Å². The summed E-state index contributed by atoms with van der Waals surface area (Å²) in [6, 6.07) is 17.0. The maximum atomic E-state index is 12.7. The molecular formula is C23H26N2O5S. The van der Waals surface area contributed by atoms with Gasteiger partial charge in [0.15, 0.2) is 5.76 Å². The van der Waals surface area contributed by atoms with Crippen LogP contribution in [-0.2, 0) is 16.6 Å². The predicted molar refractivity (Wildman–Crippen MR) is 117 cm³/mol. The SMILES string of the molecule is COc1ccc([C@H](C)NC(=O)c2ccc(CN(C)S(=O)(=O)c3ccc(C)cc3)o2)cc1. The number of rotatable bonds is 8. The van der Waals surface area contributed by atoms with Crippen LogP contribution in [0.2, 0.25) is 0 Å². The second-order valence-corrected chi connectivity index (χ2v) is 9.35. The van der Waals surface area contributed by atoms with Gasteiger partial charge in [-0.15, -0.1) is 0 Å². The number of aryl methyl sites for hydroxylation is 1. The van der Waals surface area contributed by atoms with Gasteiger partial charge in [0, 0.05) is 7.05 Å². The summed E-state index contributed by atoms with van der Waals surface area (Å²) in [5.41, 5.74) is 1.90.